The van der Waals surface area contributed by atoms with Gasteiger partial charge in [-0.25, -0.2) is 17.9 Å². The highest BCUT2D eigenvalue weighted by atomic mass is 32.2. The summed E-state index contributed by atoms with van der Waals surface area (Å²) in [5, 5.41) is 14.4. The first-order valence-electron chi connectivity index (χ1n) is 5.69. The number of aromatic carboxylic acids is 1. The van der Waals surface area contributed by atoms with E-state index in [4.69, 9.17) is 5.11 Å². The molecule has 0 bridgehead atoms. The first kappa shape index (κ1) is 14.7. The number of thiophene rings is 1. The molecule has 0 aliphatic rings. The van der Waals surface area contributed by atoms with Crippen molar-refractivity contribution in [3.63, 3.8) is 0 Å². The van der Waals surface area contributed by atoms with Crippen molar-refractivity contribution >= 4 is 27.3 Å². The Kier molecular flexibility index (Phi) is 4.21. The van der Waals surface area contributed by atoms with Crippen LogP contribution in [-0.2, 0) is 23.5 Å². The summed E-state index contributed by atoms with van der Waals surface area (Å²) in [6.45, 7) is 0.177. The zero-order valence-electron chi connectivity index (χ0n) is 10.6. The van der Waals surface area contributed by atoms with E-state index in [-0.39, 0.29) is 16.3 Å². The summed E-state index contributed by atoms with van der Waals surface area (Å²) < 4.78 is 28.1. The number of aromatic nitrogens is 2. The predicted octanol–water partition coefficient (Wildman–Crippen LogP) is 0.701. The topological polar surface area (TPSA) is 101 Å². The Morgan fingerprint density at radius 1 is 1.50 bits per heavy atom. The number of carboxylic acid groups (broad SMARTS) is 1. The molecule has 0 aliphatic heterocycles. The molecule has 0 atom stereocenters. The number of nitrogens with one attached hydrogen (secondary N) is 1. The van der Waals surface area contributed by atoms with Crippen LogP contribution in [-0.4, -0.2) is 35.8 Å². The first-order chi connectivity index (χ1) is 9.42. The van der Waals surface area contributed by atoms with Crippen molar-refractivity contribution in [2.75, 3.05) is 6.54 Å². The Balaban J connectivity index is 2.06. The van der Waals surface area contributed by atoms with E-state index in [1.807, 2.05) is 0 Å². The monoisotopic (exact) mass is 315 g/mol. The maximum absolute atomic E-state index is 12.0. The maximum Gasteiger partial charge on any atom is 0.347 e. The fourth-order valence-electron chi connectivity index (χ4n) is 1.70. The molecule has 2 aromatic heterocycles. The van der Waals surface area contributed by atoms with Crippen LogP contribution in [0.25, 0.3) is 0 Å². The number of aryl methyl sites for hydroxylation is 1. The van der Waals surface area contributed by atoms with Gasteiger partial charge in [0, 0.05) is 31.9 Å². The van der Waals surface area contributed by atoms with E-state index in [1.165, 1.54) is 11.4 Å². The molecule has 0 saturated heterocycles. The van der Waals surface area contributed by atoms with Gasteiger partial charge in [-0.05, 0) is 17.5 Å². The average Bonchev–Trinajstić information content (AvgIpc) is 2.98. The summed E-state index contributed by atoms with van der Waals surface area (Å²) in [4.78, 5) is 10.6. The lowest BCUT2D eigenvalue weighted by atomic mass is 10.3. The fourth-order valence-corrected chi connectivity index (χ4v) is 3.99. The van der Waals surface area contributed by atoms with Gasteiger partial charge in [-0.15, -0.1) is 11.3 Å². The van der Waals surface area contributed by atoms with Crippen LogP contribution in [0.5, 0.6) is 0 Å². The molecule has 108 valence electrons. The molecule has 0 amide bonds. The van der Waals surface area contributed by atoms with Crippen LogP contribution in [0.4, 0.5) is 0 Å². The second-order valence-corrected chi connectivity index (χ2v) is 6.66. The normalized spacial score (nSPS) is 11.7. The smallest absolute Gasteiger partial charge is 0.347 e. The van der Waals surface area contributed by atoms with Crippen molar-refractivity contribution in [3.8, 4) is 0 Å². The van der Waals surface area contributed by atoms with Gasteiger partial charge in [0.15, 0.2) is 0 Å². The second kappa shape index (κ2) is 5.73. The minimum absolute atomic E-state index is 0.177. The van der Waals surface area contributed by atoms with Crippen molar-refractivity contribution in [1.82, 2.24) is 14.5 Å². The second-order valence-electron chi connectivity index (χ2n) is 4.01. The van der Waals surface area contributed by atoms with Crippen molar-refractivity contribution in [1.29, 1.82) is 0 Å². The molecule has 0 fully saturated rings. The van der Waals surface area contributed by atoms with Gasteiger partial charge in [0.2, 0.25) is 10.0 Å². The Hall–Kier alpha value is -1.71. The molecule has 2 heterocycles. The van der Waals surface area contributed by atoms with Crippen LogP contribution < -0.4 is 4.72 Å². The van der Waals surface area contributed by atoms with E-state index >= 15 is 0 Å². The summed E-state index contributed by atoms with van der Waals surface area (Å²) in [7, 11) is -2.04. The predicted molar refractivity (Wildman–Crippen MR) is 73.4 cm³/mol. The van der Waals surface area contributed by atoms with Crippen LogP contribution in [0.1, 0.15) is 15.4 Å². The Labute approximate surface area is 119 Å². The Morgan fingerprint density at radius 3 is 2.85 bits per heavy atom. The number of carboxylic acids is 1. The lowest BCUT2D eigenvalue weighted by molar-refractivity contribution is 0.0698. The van der Waals surface area contributed by atoms with Gasteiger partial charge in [-0.2, -0.15) is 5.10 Å². The SMILES string of the molecule is Cn1nccc1CCNS(=O)(=O)c1ccsc1C(=O)O. The van der Waals surface area contributed by atoms with Gasteiger partial charge >= 0.3 is 5.97 Å². The highest BCUT2D eigenvalue weighted by Gasteiger charge is 2.23. The molecular formula is C11H13N3O4S2. The quantitative estimate of drug-likeness (QED) is 0.817. The maximum atomic E-state index is 12.0. The van der Waals surface area contributed by atoms with Crippen LogP contribution in [0, 0.1) is 0 Å². The molecule has 0 aliphatic carbocycles. The summed E-state index contributed by atoms with van der Waals surface area (Å²) >= 11 is 0.885. The van der Waals surface area contributed by atoms with Gasteiger partial charge in [-0.3, -0.25) is 4.68 Å². The van der Waals surface area contributed by atoms with Gasteiger partial charge in [-0.1, -0.05) is 0 Å². The molecular weight excluding hydrogens is 302 g/mol. The largest absolute Gasteiger partial charge is 0.477 e. The number of rotatable bonds is 6. The third-order valence-electron chi connectivity index (χ3n) is 2.71. The Bertz CT molecular complexity index is 718. The van der Waals surface area contributed by atoms with Gasteiger partial charge in [0.05, 0.1) is 0 Å². The standard InChI is InChI=1S/C11H13N3O4S2/c1-14-8(2-5-12-14)3-6-13-20(17,18)9-4-7-19-10(9)11(15)16/h2,4-5,7,13H,3,6H2,1H3,(H,15,16). The van der Waals surface area contributed by atoms with Crippen LogP contribution in [0.2, 0.25) is 0 Å². The highest BCUT2D eigenvalue weighted by Crippen LogP contribution is 2.21. The van der Waals surface area contributed by atoms with Crippen LogP contribution in [0.15, 0.2) is 28.6 Å². The third-order valence-corrected chi connectivity index (χ3v) is 5.24. The molecule has 9 heteroatoms. The zero-order valence-corrected chi connectivity index (χ0v) is 12.2. The minimum Gasteiger partial charge on any atom is -0.477 e. The van der Waals surface area contributed by atoms with E-state index in [2.05, 4.69) is 9.82 Å². The molecule has 2 N–H and O–H groups in total. The molecule has 7 nitrogen and oxygen atoms in total. The molecule has 0 aromatic carbocycles. The number of hydrogen-bond acceptors (Lipinski definition) is 5. The van der Waals surface area contributed by atoms with E-state index in [1.54, 1.807) is 24.0 Å². The highest BCUT2D eigenvalue weighted by molar-refractivity contribution is 7.89. The molecule has 2 rings (SSSR count). The van der Waals surface area contributed by atoms with Crippen LogP contribution in [0.3, 0.4) is 0 Å². The Morgan fingerprint density at radius 2 is 2.25 bits per heavy atom. The molecule has 20 heavy (non-hydrogen) atoms. The minimum atomic E-state index is -3.81. The lowest BCUT2D eigenvalue weighted by Gasteiger charge is -2.06. The number of hydrogen-bond donors (Lipinski definition) is 2. The number of carbonyl (C=O) groups is 1. The van der Waals surface area contributed by atoms with E-state index in [0.717, 1.165) is 17.0 Å². The lowest BCUT2D eigenvalue weighted by Crippen LogP contribution is -2.27. The zero-order chi connectivity index (χ0) is 14.8. The van der Waals surface area contributed by atoms with Gasteiger partial charge < -0.3 is 5.11 Å². The summed E-state index contributed by atoms with van der Waals surface area (Å²) in [6, 6.07) is 3.09. The summed E-state index contributed by atoms with van der Waals surface area (Å²) in [6.07, 6.45) is 2.10. The van der Waals surface area contributed by atoms with Crippen LogP contribution >= 0.6 is 11.3 Å². The molecule has 0 spiro atoms. The van der Waals surface area contributed by atoms with Crippen molar-refractivity contribution < 1.29 is 18.3 Å². The first-order valence-corrected chi connectivity index (χ1v) is 8.05. The summed E-state index contributed by atoms with van der Waals surface area (Å²) in [5.41, 5.74) is 0.886. The van der Waals surface area contributed by atoms with Crippen molar-refractivity contribution in [2.45, 2.75) is 11.3 Å². The van der Waals surface area contributed by atoms with Gasteiger partial charge in [0.1, 0.15) is 9.77 Å². The number of nitrogens with zero attached hydrogens (tertiary/aromatic N) is 2. The summed E-state index contributed by atoms with van der Waals surface area (Å²) in [5.74, 6) is -1.24. The van der Waals surface area contributed by atoms with E-state index in [9.17, 15) is 13.2 Å². The molecule has 0 radical (unpaired) electrons. The average molecular weight is 315 g/mol. The van der Waals surface area contributed by atoms with Crippen molar-refractivity contribution in [3.05, 3.63) is 34.3 Å². The fraction of sp³-hybridized carbons (Fsp3) is 0.273. The number of sulfonamides is 1. The molecule has 0 unspecified atom stereocenters. The molecule has 0 saturated carbocycles. The molecule has 2 aromatic rings. The van der Waals surface area contributed by atoms with Gasteiger partial charge in [0.25, 0.3) is 0 Å². The van der Waals surface area contributed by atoms with Crippen molar-refractivity contribution in [2.24, 2.45) is 7.05 Å². The third kappa shape index (κ3) is 3.06. The van der Waals surface area contributed by atoms with E-state index in [0.29, 0.717) is 6.42 Å². The van der Waals surface area contributed by atoms with E-state index < -0.39 is 16.0 Å².